The number of nitrogens with one attached hydrogen (secondary N) is 2. The minimum absolute atomic E-state index is 0.0191. The molecule has 0 spiro atoms. The number of ketones is 1. The minimum Gasteiger partial charge on any atom is -0.452 e. The molecule has 0 aliphatic carbocycles. The summed E-state index contributed by atoms with van der Waals surface area (Å²) in [6.07, 6.45) is 1.15. The molecule has 1 aromatic heterocycles. The molecule has 0 bridgehead atoms. The molecule has 3 aromatic rings. The first-order chi connectivity index (χ1) is 16.2. The van der Waals surface area contributed by atoms with Crippen molar-refractivity contribution in [2.75, 3.05) is 25.0 Å². The van der Waals surface area contributed by atoms with Gasteiger partial charge < -0.3 is 14.6 Å². The maximum Gasteiger partial charge on any atom is 0.298 e. The van der Waals surface area contributed by atoms with Crippen molar-refractivity contribution in [3.63, 3.8) is 0 Å². The van der Waals surface area contributed by atoms with E-state index in [1.54, 1.807) is 18.2 Å². The van der Waals surface area contributed by atoms with Gasteiger partial charge in [0.1, 0.15) is 5.58 Å². The zero-order valence-electron chi connectivity index (χ0n) is 18.6. The summed E-state index contributed by atoms with van der Waals surface area (Å²) in [7, 11) is -3.71. The second-order valence-corrected chi connectivity index (χ2v) is 10.0. The largest absolute Gasteiger partial charge is 0.452 e. The van der Waals surface area contributed by atoms with Gasteiger partial charge >= 0.3 is 0 Å². The molecule has 0 atom stereocenters. The van der Waals surface area contributed by atoms with E-state index in [-0.39, 0.29) is 29.0 Å². The van der Waals surface area contributed by atoms with Crippen molar-refractivity contribution in [2.24, 2.45) is 5.92 Å². The van der Waals surface area contributed by atoms with Gasteiger partial charge in [0.2, 0.25) is 15.9 Å². The highest BCUT2D eigenvalue weighted by molar-refractivity contribution is 7.89. The summed E-state index contributed by atoms with van der Waals surface area (Å²) in [6.45, 7) is 2.33. The highest BCUT2D eigenvalue weighted by Gasteiger charge is 2.30. The van der Waals surface area contributed by atoms with E-state index in [4.69, 9.17) is 4.42 Å². The van der Waals surface area contributed by atoms with Crippen molar-refractivity contribution in [1.82, 2.24) is 9.62 Å². The van der Waals surface area contributed by atoms with Gasteiger partial charge in [-0.05, 0) is 55.2 Å². The van der Waals surface area contributed by atoms with Gasteiger partial charge in [0.05, 0.1) is 4.90 Å². The third-order valence-corrected chi connectivity index (χ3v) is 7.23. The van der Waals surface area contributed by atoms with Crippen LogP contribution in [-0.4, -0.2) is 50.5 Å². The van der Waals surface area contributed by atoms with Crippen LogP contribution in [0.3, 0.4) is 0 Å². The summed E-state index contributed by atoms with van der Waals surface area (Å²) in [4.78, 5) is 37.9. The van der Waals surface area contributed by atoms with Crippen LogP contribution in [0.25, 0.3) is 11.0 Å². The fourth-order valence-corrected chi connectivity index (χ4v) is 5.03. The Bertz CT molecular complexity index is 1290. The van der Waals surface area contributed by atoms with E-state index in [9.17, 15) is 22.8 Å². The van der Waals surface area contributed by atoms with Gasteiger partial charge in [0.15, 0.2) is 5.76 Å². The Morgan fingerprint density at radius 2 is 1.71 bits per heavy atom. The Hall–Kier alpha value is -3.50. The van der Waals surface area contributed by atoms with Crippen LogP contribution in [0.4, 0.5) is 5.69 Å². The monoisotopic (exact) mass is 483 g/mol. The SMILES string of the molecule is CC(=O)Nc1ccc(S(=O)(=O)NCC2CCN(C(=O)C(=O)c3cc4ccccc4o3)CC2)cc1. The number of benzene rings is 2. The van der Waals surface area contributed by atoms with Crippen molar-refractivity contribution in [1.29, 1.82) is 0 Å². The molecular formula is C24H25N3O6S. The van der Waals surface area contributed by atoms with Crippen molar-refractivity contribution in [3.8, 4) is 0 Å². The second-order valence-electron chi connectivity index (χ2n) is 8.27. The summed E-state index contributed by atoms with van der Waals surface area (Å²) in [5.41, 5.74) is 1.06. The standard InChI is InChI=1S/C24H25N3O6S/c1-16(28)26-19-6-8-20(9-7-19)34(31,32)25-15-17-10-12-27(13-11-17)24(30)23(29)22-14-18-4-2-3-5-21(18)33-22/h2-9,14,17,25H,10-13,15H2,1H3,(H,26,28). The lowest BCUT2D eigenvalue weighted by Gasteiger charge is -2.31. The summed E-state index contributed by atoms with van der Waals surface area (Å²) in [5.74, 6) is -1.47. The Morgan fingerprint density at radius 3 is 2.35 bits per heavy atom. The van der Waals surface area contributed by atoms with Crippen LogP contribution in [0.2, 0.25) is 0 Å². The maximum atomic E-state index is 12.7. The number of fused-ring (bicyclic) bond motifs is 1. The van der Waals surface area contributed by atoms with E-state index in [0.717, 1.165) is 5.39 Å². The molecule has 1 aliphatic heterocycles. The lowest BCUT2D eigenvalue weighted by Crippen LogP contribution is -2.44. The number of amides is 2. The molecule has 0 saturated carbocycles. The zero-order chi connectivity index (χ0) is 24.3. The number of sulfonamides is 1. The Labute approximate surface area is 197 Å². The van der Waals surface area contributed by atoms with E-state index in [0.29, 0.717) is 37.2 Å². The molecule has 1 fully saturated rings. The molecule has 2 amide bonds. The molecule has 2 N–H and O–H groups in total. The Kier molecular flexibility index (Phi) is 6.80. The highest BCUT2D eigenvalue weighted by atomic mass is 32.2. The number of likely N-dealkylation sites (tertiary alicyclic amines) is 1. The summed E-state index contributed by atoms with van der Waals surface area (Å²) < 4.78 is 33.3. The first-order valence-electron chi connectivity index (χ1n) is 10.9. The van der Waals surface area contributed by atoms with Crippen molar-refractivity contribution < 1.29 is 27.2 Å². The van der Waals surface area contributed by atoms with E-state index in [1.165, 1.54) is 36.1 Å². The number of hydrogen-bond donors (Lipinski definition) is 2. The van der Waals surface area contributed by atoms with Crippen molar-refractivity contribution in [2.45, 2.75) is 24.7 Å². The van der Waals surface area contributed by atoms with Crippen LogP contribution in [0.1, 0.15) is 30.3 Å². The number of carbonyl (C=O) groups is 3. The third-order valence-electron chi connectivity index (χ3n) is 5.79. The third kappa shape index (κ3) is 5.35. The Balaban J connectivity index is 1.29. The van der Waals surface area contributed by atoms with Crippen LogP contribution in [-0.2, 0) is 19.6 Å². The second kappa shape index (κ2) is 9.78. The van der Waals surface area contributed by atoms with Gasteiger partial charge in [0, 0.05) is 37.6 Å². The quantitative estimate of drug-likeness (QED) is 0.393. The Morgan fingerprint density at radius 1 is 1.03 bits per heavy atom. The average molecular weight is 484 g/mol. The van der Waals surface area contributed by atoms with Gasteiger partial charge in [-0.2, -0.15) is 0 Å². The topological polar surface area (TPSA) is 126 Å². The summed E-state index contributed by atoms with van der Waals surface area (Å²) >= 11 is 0. The van der Waals surface area contributed by atoms with Crippen molar-refractivity contribution >= 4 is 44.3 Å². The number of Topliss-reactive ketones (excluding diaryl/α,β-unsaturated/α-hetero) is 1. The molecule has 2 aromatic carbocycles. The lowest BCUT2D eigenvalue weighted by molar-refractivity contribution is -0.127. The zero-order valence-corrected chi connectivity index (χ0v) is 19.4. The first kappa shape index (κ1) is 23.7. The molecule has 9 nitrogen and oxygen atoms in total. The molecule has 1 saturated heterocycles. The van der Waals surface area contributed by atoms with Gasteiger partial charge in [-0.1, -0.05) is 18.2 Å². The average Bonchev–Trinajstić information content (AvgIpc) is 3.26. The maximum absolute atomic E-state index is 12.7. The van der Waals surface area contributed by atoms with Crippen molar-refractivity contribution in [3.05, 3.63) is 60.4 Å². The summed E-state index contributed by atoms with van der Waals surface area (Å²) in [6, 6.07) is 14.6. The molecule has 34 heavy (non-hydrogen) atoms. The molecule has 2 heterocycles. The highest BCUT2D eigenvalue weighted by Crippen LogP contribution is 2.22. The molecule has 0 unspecified atom stereocenters. The molecule has 0 radical (unpaired) electrons. The fraction of sp³-hybridized carbons (Fsp3) is 0.292. The number of carbonyl (C=O) groups excluding carboxylic acids is 3. The molecule has 4 rings (SSSR count). The summed E-state index contributed by atoms with van der Waals surface area (Å²) in [5, 5.41) is 3.35. The van der Waals surface area contributed by atoms with Crippen LogP contribution in [0.15, 0.2) is 63.9 Å². The van der Waals surface area contributed by atoms with E-state index >= 15 is 0 Å². The smallest absolute Gasteiger partial charge is 0.298 e. The number of piperidine rings is 1. The molecular weight excluding hydrogens is 458 g/mol. The normalized spacial score (nSPS) is 14.8. The number of para-hydroxylation sites is 1. The number of hydrogen-bond acceptors (Lipinski definition) is 6. The van der Waals surface area contributed by atoms with Crippen LogP contribution >= 0.6 is 0 Å². The minimum atomic E-state index is -3.71. The number of anilines is 1. The number of nitrogens with zero attached hydrogens (tertiary/aromatic N) is 1. The van der Waals surface area contributed by atoms with Crippen LogP contribution in [0, 0.1) is 5.92 Å². The predicted octanol–water partition coefficient (Wildman–Crippen LogP) is 2.79. The van der Waals surface area contributed by atoms with Crippen LogP contribution < -0.4 is 10.0 Å². The van der Waals surface area contributed by atoms with Gasteiger partial charge in [-0.25, -0.2) is 13.1 Å². The first-order valence-corrected chi connectivity index (χ1v) is 12.4. The lowest BCUT2D eigenvalue weighted by atomic mass is 9.97. The predicted molar refractivity (Wildman–Crippen MR) is 126 cm³/mol. The number of rotatable bonds is 7. The van der Waals surface area contributed by atoms with Gasteiger partial charge in [-0.15, -0.1) is 0 Å². The molecule has 10 heteroatoms. The molecule has 1 aliphatic rings. The van der Waals surface area contributed by atoms with E-state index < -0.39 is 21.7 Å². The van der Waals surface area contributed by atoms with E-state index in [2.05, 4.69) is 10.0 Å². The fourth-order valence-electron chi connectivity index (χ4n) is 3.91. The molecule has 178 valence electrons. The van der Waals surface area contributed by atoms with Gasteiger partial charge in [-0.3, -0.25) is 14.4 Å². The van der Waals surface area contributed by atoms with Crippen LogP contribution in [0.5, 0.6) is 0 Å². The number of furan rings is 1. The van der Waals surface area contributed by atoms with Gasteiger partial charge in [0.25, 0.3) is 11.7 Å². The van der Waals surface area contributed by atoms with E-state index in [1.807, 2.05) is 12.1 Å².